The van der Waals surface area contributed by atoms with Crippen LogP contribution in [-0.2, 0) is 16.1 Å². The largest absolute Gasteiger partial charge is 0.348 e. The van der Waals surface area contributed by atoms with Crippen molar-refractivity contribution in [3.05, 3.63) is 30.1 Å². The van der Waals surface area contributed by atoms with Crippen molar-refractivity contribution in [1.82, 2.24) is 19.7 Å². The van der Waals surface area contributed by atoms with Crippen molar-refractivity contribution in [2.24, 2.45) is 0 Å². The summed E-state index contributed by atoms with van der Waals surface area (Å²) in [6, 6.07) is 4.29. The normalized spacial score (nSPS) is 24.6. The first-order valence-corrected chi connectivity index (χ1v) is 7.69. The first-order valence-electron chi connectivity index (χ1n) is 7.69. The molecule has 2 fully saturated rings. The summed E-state index contributed by atoms with van der Waals surface area (Å²) >= 11 is 0. The van der Waals surface area contributed by atoms with E-state index in [1.807, 2.05) is 23.2 Å². The molecule has 1 aromatic heterocycles. The minimum absolute atomic E-state index is 0.0961. The molecule has 3 heterocycles. The number of pyridine rings is 1. The smallest absolute Gasteiger partial charge is 0.236 e. The van der Waals surface area contributed by atoms with Crippen molar-refractivity contribution in [3.63, 3.8) is 0 Å². The summed E-state index contributed by atoms with van der Waals surface area (Å²) in [4.78, 5) is 34.1. The summed E-state index contributed by atoms with van der Waals surface area (Å²) in [5.74, 6) is 0.277. The van der Waals surface area contributed by atoms with E-state index in [2.05, 4.69) is 9.88 Å². The lowest BCUT2D eigenvalue weighted by molar-refractivity contribution is -0.131. The van der Waals surface area contributed by atoms with Gasteiger partial charge in [-0.15, -0.1) is 0 Å². The Bertz CT molecular complexity index is 561. The first kappa shape index (κ1) is 15.0. The van der Waals surface area contributed by atoms with Crippen LogP contribution in [0.5, 0.6) is 0 Å². The van der Waals surface area contributed by atoms with Gasteiger partial charge in [-0.05, 0) is 18.1 Å². The molecular formula is C16H22N4O2. The number of likely N-dealkylation sites (tertiary alicyclic amines) is 2. The molecule has 3 rings (SSSR count). The Labute approximate surface area is 130 Å². The third-order valence-corrected chi connectivity index (χ3v) is 4.64. The molecule has 1 aromatic rings. The van der Waals surface area contributed by atoms with E-state index < -0.39 is 0 Å². The van der Waals surface area contributed by atoms with Crippen LogP contribution < -0.4 is 0 Å². The number of hydrogen-bond donors (Lipinski definition) is 0. The van der Waals surface area contributed by atoms with E-state index in [1.165, 1.54) is 0 Å². The molecule has 0 spiro atoms. The van der Waals surface area contributed by atoms with E-state index in [0.29, 0.717) is 19.5 Å². The third-order valence-electron chi connectivity index (χ3n) is 4.64. The van der Waals surface area contributed by atoms with Crippen molar-refractivity contribution in [2.75, 3.05) is 27.2 Å². The molecule has 2 atom stereocenters. The topological polar surface area (TPSA) is 56.8 Å². The average Bonchev–Trinajstić information content (AvgIpc) is 3.01. The second-order valence-corrected chi connectivity index (χ2v) is 6.27. The van der Waals surface area contributed by atoms with Gasteiger partial charge >= 0.3 is 0 Å². The Kier molecular flexibility index (Phi) is 4.11. The highest BCUT2D eigenvalue weighted by Gasteiger charge is 2.46. The van der Waals surface area contributed by atoms with Gasteiger partial charge < -0.3 is 9.80 Å². The van der Waals surface area contributed by atoms with Crippen LogP contribution in [0.2, 0.25) is 0 Å². The summed E-state index contributed by atoms with van der Waals surface area (Å²) < 4.78 is 0. The molecule has 2 saturated heterocycles. The third kappa shape index (κ3) is 2.83. The average molecular weight is 302 g/mol. The predicted molar refractivity (Wildman–Crippen MR) is 81.9 cm³/mol. The molecule has 0 radical (unpaired) electrons. The Hall–Kier alpha value is -1.95. The van der Waals surface area contributed by atoms with Crippen LogP contribution in [0.25, 0.3) is 0 Å². The molecule has 0 saturated carbocycles. The van der Waals surface area contributed by atoms with E-state index in [4.69, 9.17) is 0 Å². The zero-order chi connectivity index (χ0) is 15.7. The molecule has 0 unspecified atom stereocenters. The van der Waals surface area contributed by atoms with Crippen LogP contribution in [0.4, 0.5) is 0 Å². The summed E-state index contributed by atoms with van der Waals surface area (Å²) in [5, 5.41) is 0. The van der Waals surface area contributed by atoms with Gasteiger partial charge in [0.25, 0.3) is 0 Å². The molecular weight excluding hydrogens is 280 g/mol. The van der Waals surface area contributed by atoms with Crippen molar-refractivity contribution in [1.29, 1.82) is 0 Å². The molecule has 0 N–H and O–H groups in total. The molecule has 2 aliphatic rings. The standard InChI is InChI=1S/C16H22N4O2/c1-18(2)16(22)11-19-7-5-13-14(19)8-15(21)20(13)10-12-4-3-6-17-9-12/h3-4,6,9,13-14H,5,7-8,10-11H2,1-2H3/t13-,14+/m1/s1. The summed E-state index contributed by atoms with van der Waals surface area (Å²) in [5.41, 5.74) is 1.05. The number of nitrogens with zero attached hydrogens (tertiary/aromatic N) is 4. The van der Waals surface area contributed by atoms with E-state index in [0.717, 1.165) is 18.5 Å². The van der Waals surface area contributed by atoms with Gasteiger partial charge in [0.2, 0.25) is 11.8 Å². The molecule has 118 valence electrons. The van der Waals surface area contributed by atoms with Gasteiger partial charge in [-0.3, -0.25) is 19.5 Å². The number of fused-ring (bicyclic) bond motifs is 1. The Morgan fingerprint density at radius 3 is 2.91 bits per heavy atom. The van der Waals surface area contributed by atoms with Gasteiger partial charge in [0.1, 0.15) is 0 Å². The quantitative estimate of drug-likeness (QED) is 0.805. The van der Waals surface area contributed by atoms with Crippen LogP contribution in [0.3, 0.4) is 0 Å². The van der Waals surface area contributed by atoms with Gasteiger partial charge in [-0.25, -0.2) is 0 Å². The van der Waals surface area contributed by atoms with Gasteiger partial charge in [0.15, 0.2) is 0 Å². The number of amides is 2. The second kappa shape index (κ2) is 6.04. The Morgan fingerprint density at radius 2 is 2.23 bits per heavy atom. The lowest BCUT2D eigenvalue weighted by Gasteiger charge is -2.25. The van der Waals surface area contributed by atoms with Crippen LogP contribution in [-0.4, -0.2) is 70.8 Å². The van der Waals surface area contributed by atoms with Crippen molar-refractivity contribution in [2.45, 2.75) is 31.5 Å². The zero-order valence-electron chi connectivity index (χ0n) is 13.1. The fourth-order valence-corrected chi connectivity index (χ4v) is 3.41. The number of carbonyl (C=O) groups excluding carboxylic acids is 2. The lowest BCUT2D eigenvalue weighted by Crippen LogP contribution is -2.41. The number of carbonyl (C=O) groups is 2. The molecule has 22 heavy (non-hydrogen) atoms. The molecule has 2 aliphatic heterocycles. The van der Waals surface area contributed by atoms with E-state index in [-0.39, 0.29) is 23.9 Å². The minimum Gasteiger partial charge on any atom is -0.348 e. The molecule has 6 nitrogen and oxygen atoms in total. The molecule has 0 aliphatic carbocycles. The summed E-state index contributed by atoms with van der Waals surface area (Å²) in [7, 11) is 3.54. The number of rotatable bonds is 4. The number of aromatic nitrogens is 1. The van der Waals surface area contributed by atoms with Crippen LogP contribution in [0.1, 0.15) is 18.4 Å². The molecule has 0 aromatic carbocycles. The SMILES string of the molecule is CN(C)C(=O)CN1CC[C@@H]2[C@@H]1CC(=O)N2Cc1cccnc1. The highest BCUT2D eigenvalue weighted by atomic mass is 16.2. The maximum Gasteiger partial charge on any atom is 0.236 e. The predicted octanol–water partition coefficient (Wildman–Crippen LogP) is 0.345. The van der Waals surface area contributed by atoms with Gasteiger partial charge in [0, 0.05) is 58.1 Å². The Morgan fingerprint density at radius 1 is 1.41 bits per heavy atom. The highest BCUT2D eigenvalue weighted by Crippen LogP contribution is 2.33. The summed E-state index contributed by atoms with van der Waals surface area (Å²) in [6.07, 6.45) is 5.01. The molecule has 0 bridgehead atoms. The van der Waals surface area contributed by atoms with Crippen molar-refractivity contribution >= 4 is 11.8 Å². The second-order valence-electron chi connectivity index (χ2n) is 6.27. The van der Waals surface area contributed by atoms with Crippen molar-refractivity contribution < 1.29 is 9.59 Å². The maximum absolute atomic E-state index is 12.3. The van der Waals surface area contributed by atoms with Crippen molar-refractivity contribution in [3.8, 4) is 0 Å². The maximum atomic E-state index is 12.3. The van der Waals surface area contributed by atoms with Gasteiger partial charge in [-0.1, -0.05) is 6.07 Å². The van der Waals surface area contributed by atoms with Crippen LogP contribution in [0, 0.1) is 0 Å². The monoisotopic (exact) mass is 302 g/mol. The van der Waals surface area contributed by atoms with Gasteiger partial charge in [-0.2, -0.15) is 0 Å². The molecule has 2 amide bonds. The minimum atomic E-state index is 0.0961. The lowest BCUT2D eigenvalue weighted by atomic mass is 10.1. The van der Waals surface area contributed by atoms with Crippen LogP contribution in [0.15, 0.2) is 24.5 Å². The number of hydrogen-bond acceptors (Lipinski definition) is 4. The van der Waals surface area contributed by atoms with E-state index in [1.54, 1.807) is 25.2 Å². The fraction of sp³-hybridized carbons (Fsp3) is 0.562. The fourth-order valence-electron chi connectivity index (χ4n) is 3.41. The first-order chi connectivity index (χ1) is 10.6. The van der Waals surface area contributed by atoms with Crippen LogP contribution >= 0.6 is 0 Å². The highest BCUT2D eigenvalue weighted by molar-refractivity contribution is 5.81. The van der Waals surface area contributed by atoms with Gasteiger partial charge in [0.05, 0.1) is 6.54 Å². The molecule has 6 heteroatoms. The zero-order valence-corrected chi connectivity index (χ0v) is 13.1. The Balaban J connectivity index is 1.67. The summed E-state index contributed by atoms with van der Waals surface area (Å²) in [6.45, 7) is 1.90. The van der Waals surface area contributed by atoms with E-state index in [9.17, 15) is 9.59 Å². The van der Waals surface area contributed by atoms with E-state index >= 15 is 0 Å². The number of likely N-dealkylation sites (N-methyl/N-ethyl adjacent to an activating group) is 1.